The number of hydrogen-bond acceptors (Lipinski definition) is 7. The zero-order valence-corrected chi connectivity index (χ0v) is 13.3. The zero-order chi connectivity index (χ0) is 18.0. The number of esters is 1. The van der Waals surface area contributed by atoms with Gasteiger partial charge in [-0.05, 0) is 31.2 Å². The number of nitro benzene ring substituents is 1. The molecule has 0 saturated carbocycles. The molecule has 0 unspecified atom stereocenters. The van der Waals surface area contributed by atoms with Gasteiger partial charge in [0, 0.05) is 6.07 Å². The molecule has 0 atom stereocenters. The highest BCUT2D eigenvalue weighted by atomic mass is 16.6. The first-order chi connectivity index (χ1) is 12.0. The second-order valence-corrected chi connectivity index (χ2v) is 5.35. The molecule has 2 aromatic carbocycles. The van der Waals surface area contributed by atoms with E-state index in [0.717, 1.165) is 11.6 Å². The Hall–Kier alpha value is -3.55. The van der Waals surface area contributed by atoms with Crippen molar-refractivity contribution in [1.29, 1.82) is 0 Å². The van der Waals surface area contributed by atoms with Crippen molar-refractivity contribution in [3.8, 4) is 0 Å². The molecule has 1 aromatic heterocycles. The van der Waals surface area contributed by atoms with Gasteiger partial charge in [-0.2, -0.15) is 0 Å². The van der Waals surface area contributed by atoms with E-state index in [2.05, 4.69) is 9.97 Å². The zero-order valence-electron chi connectivity index (χ0n) is 13.3. The van der Waals surface area contributed by atoms with Crippen LogP contribution in [0.15, 0.2) is 42.5 Å². The summed E-state index contributed by atoms with van der Waals surface area (Å²) in [5.74, 6) is -0.697. The average molecular weight is 338 g/mol. The molecule has 0 bridgehead atoms. The number of carbonyl (C=O) groups excluding carboxylic acids is 1. The Morgan fingerprint density at radius 2 is 1.88 bits per heavy atom. The lowest BCUT2D eigenvalue weighted by Gasteiger charge is -2.08. The number of carbonyl (C=O) groups is 1. The van der Waals surface area contributed by atoms with Crippen molar-refractivity contribution in [2.24, 2.45) is 0 Å². The third-order valence-corrected chi connectivity index (χ3v) is 3.65. The lowest BCUT2D eigenvalue weighted by Crippen LogP contribution is -2.09. The number of nitrogens with two attached hydrogens (primary N) is 1. The molecule has 3 rings (SSSR count). The van der Waals surface area contributed by atoms with Crippen LogP contribution < -0.4 is 5.73 Å². The number of rotatable bonds is 4. The first-order valence-corrected chi connectivity index (χ1v) is 7.39. The molecule has 25 heavy (non-hydrogen) atoms. The molecule has 0 spiro atoms. The van der Waals surface area contributed by atoms with Gasteiger partial charge in [0.05, 0.1) is 32.9 Å². The molecule has 0 aliphatic heterocycles. The fourth-order valence-corrected chi connectivity index (χ4v) is 2.31. The molecule has 1 heterocycles. The second kappa shape index (κ2) is 6.52. The van der Waals surface area contributed by atoms with Crippen LogP contribution in [0.2, 0.25) is 0 Å². The number of nitrogens with zero attached hydrogens (tertiary/aromatic N) is 3. The molecule has 8 nitrogen and oxygen atoms in total. The summed E-state index contributed by atoms with van der Waals surface area (Å²) in [6.07, 6.45) is 0. The smallest absolute Gasteiger partial charge is 0.338 e. The van der Waals surface area contributed by atoms with E-state index in [1.54, 1.807) is 6.92 Å². The molecule has 8 heteroatoms. The van der Waals surface area contributed by atoms with Crippen molar-refractivity contribution in [2.45, 2.75) is 13.5 Å². The molecule has 0 aliphatic carbocycles. The van der Waals surface area contributed by atoms with E-state index < -0.39 is 10.9 Å². The Balaban J connectivity index is 1.80. The molecule has 126 valence electrons. The maximum Gasteiger partial charge on any atom is 0.338 e. The lowest BCUT2D eigenvalue weighted by atomic mass is 10.2. The summed E-state index contributed by atoms with van der Waals surface area (Å²) < 4.78 is 5.21. The maximum absolute atomic E-state index is 12.1. The van der Waals surface area contributed by atoms with Gasteiger partial charge in [-0.25, -0.2) is 14.8 Å². The summed E-state index contributed by atoms with van der Waals surface area (Å²) in [4.78, 5) is 31.2. The summed E-state index contributed by atoms with van der Waals surface area (Å²) in [5.41, 5.74) is 7.84. The van der Waals surface area contributed by atoms with Crippen LogP contribution in [0.1, 0.15) is 21.7 Å². The topological polar surface area (TPSA) is 121 Å². The minimum absolute atomic E-state index is 0.0159. The number of hydrogen-bond donors (Lipinski definition) is 1. The summed E-state index contributed by atoms with van der Waals surface area (Å²) in [5, 5.41) is 10.9. The summed E-state index contributed by atoms with van der Waals surface area (Å²) in [6, 6.07) is 11.1. The van der Waals surface area contributed by atoms with E-state index in [1.807, 2.05) is 24.3 Å². The molecule has 0 fully saturated rings. The van der Waals surface area contributed by atoms with E-state index in [9.17, 15) is 14.9 Å². The summed E-state index contributed by atoms with van der Waals surface area (Å²) >= 11 is 0. The van der Waals surface area contributed by atoms with Gasteiger partial charge >= 0.3 is 5.97 Å². The number of nitrogen functional groups attached to an aromatic ring is 1. The van der Waals surface area contributed by atoms with E-state index >= 15 is 0 Å². The van der Waals surface area contributed by atoms with Gasteiger partial charge in [-0.3, -0.25) is 10.1 Å². The first-order valence-electron chi connectivity index (χ1n) is 7.39. The van der Waals surface area contributed by atoms with Gasteiger partial charge in [-0.15, -0.1) is 0 Å². The van der Waals surface area contributed by atoms with Crippen LogP contribution in [-0.2, 0) is 11.3 Å². The highest BCUT2D eigenvalue weighted by Crippen LogP contribution is 2.23. The summed E-state index contributed by atoms with van der Waals surface area (Å²) in [6.45, 7) is 1.69. The van der Waals surface area contributed by atoms with Gasteiger partial charge < -0.3 is 10.5 Å². The number of anilines is 1. The molecule has 0 aliphatic rings. The van der Waals surface area contributed by atoms with E-state index in [1.165, 1.54) is 12.1 Å². The Kier molecular flexibility index (Phi) is 4.25. The standard InChI is InChI=1S/C17H14N4O4/c1-10-15(20-14-5-3-2-4-13(14)19-10)9-25-17(22)11-6-7-12(18)16(8-11)21(23)24/h2-8H,9,18H2,1H3. The third-order valence-electron chi connectivity index (χ3n) is 3.65. The normalized spacial score (nSPS) is 10.6. The number of ether oxygens (including phenoxy) is 1. The molecule has 0 saturated heterocycles. The first kappa shape index (κ1) is 16.3. The number of aryl methyl sites for hydroxylation is 1. The Bertz CT molecular complexity index is 988. The number of aromatic nitrogens is 2. The van der Waals surface area contributed by atoms with Crippen LogP contribution in [0.3, 0.4) is 0 Å². The molecule has 2 N–H and O–H groups in total. The lowest BCUT2D eigenvalue weighted by molar-refractivity contribution is -0.383. The van der Waals surface area contributed by atoms with Crippen LogP contribution in [0.25, 0.3) is 11.0 Å². The maximum atomic E-state index is 12.1. The van der Waals surface area contributed by atoms with Crippen LogP contribution in [0.4, 0.5) is 11.4 Å². The van der Waals surface area contributed by atoms with Crippen molar-refractivity contribution in [3.05, 3.63) is 69.5 Å². The quantitative estimate of drug-likeness (QED) is 0.336. The molecular weight excluding hydrogens is 324 g/mol. The van der Waals surface area contributed by atoms with E-state index in [0.29, 0.717) is 16.9 Å². The van der Waals surface area contributed by atoms with Gasteiger partial charge in [0.25, 0.3) is 5.69 Å². The van der Waals surface area contributed by atoms with Crippen molar-refractivity contribution >= 4 is 28.4 Å². The van der Waals surface area contributed by atoms with E-state index in [4.69, 9.17) is 10.5 Å². The van der Waals surface area contributed by atoms with Crippen molar-refractivity contribution in [3.63, 3.8) is 0 Å². The fourth-order valence-electron chi connectivity index (χ4n) is 2.31. The SMILES string of the molecule is Cc1nc2ccccc2nc1COC(=O)c1ccc(N)c([N+](=O)[O-])c1. The predicted octanol–water partition coefficient (Wildman–Crippen LogP) is 2.79. The van der Waals surface area contributed by atoms with Crippen molar-refractivity contribution in [2.75, 3.05) is 5.73 Å². The Labute approximate surface area is 142 Å². The van der Waals surface area contributed by atoms with Gasteiger partial charge in [0.2, 0.25) is 0 Å². The number of fused-ring (bicyclic) bond motifs is 1. The Morgan fingerprint density at radius 3 is 2.56 bits per heavy atom. The average Bonchev–Trinajstić information content (AvgIpc) is 2.59. The molecule has 0 radical (unpaired) electrons. The highest BCUT2D eigenvalue weighted by molar-refractivity contribution is 5.91. The van der Waals surface area contributed by atoms with Crippen molar-refractivity contribution in [1.82, 2.24) is 9.97 Å². The summed E-state index contributed by atoms with van der Waals surface area (Å²) in [7, 11) is 0. The van der Waals surface area contributed by atoms with Crippen LogP contribution in [-0.4, -0.2) is 20.9 Å². The minimum atomic E-state index is -0.697. The minimum Gasteiger partial charge on any atom is -0.456 e. The van der Waals surface area contributed by atoms with Gasteiger partial charge in [-0.1, -0.05) is 12.1 Å². The van der Waals surface area contributed by atoms with E-state index in [-0.39, 0.29) is 23.5 Å². The van der Waals surface area contributed by atoms with Crippen LogP contribution in [0, 0.1) is 17.0 Å². The third kappa shape index (κ3) is 3.37. The number of benzene rings is 2. The predicted molar refractivity (Wildman–Crippen MR) is 90.9 cm³/mol. The van der Waals surface area contributed by atoms with Gasteiger partial charge in [0.1, 0.15) is 12.3 Å². The Morgan fingerprint density at radius 1 is 1.20 bits per heavy atom. The fraction of sp³-hybridized carbons (Fsp3) is 0.118. The van der Waals surface area contributed by atoms with Crippen LogP contribution >= 0.6 is 0 Å². The second-order valence-electron chi connectivity index (χ2n) is 5.35. The van der Waals surface area contributed by atoms with Crippen LogP contribution in [0.5, 0.6) is 0 Å². The number of nitro groups is 1. The largest absolute Gasteiger partial charge is 0.456 e. The molecule has 3 aromatic rings. The molecule has 0 amide bonds. The number of para-hydroxylation sites is 2. The molecular formula is C17H14N4O4. The highest BCUT2D eigenvalue weighted by Gasteiger charge is 2.17. The van der Waals surface area contributed by atoms with Crippen molar-refractivity contribution < 1.29 is 14.5 Å². The monoisotopic (exact) mass is 338 g/mol. The van der Waals surface area contributed by atoms with Gasteiger partial charge in [0.15, 0.2) is 0 Å².